The molecule has 1 N–H and O–H groups in total. The van der Waals surface area contributed by atoms with E-state index >= 15 is 0 Å². The Bertz CT molecular complexity index is 355. The maximum Gasteiger partial charge on any atom is 0.127 e. The fraction of sp³-hybridized carbons (Fsp3) is 0.571. The molecular formula is C14H23NO3. The van der Waals surface area contributed by atoms with Gasteiger partial charge in [-0.15, -0.1) is 0 Å². The molecule has 0 aliphatic rings. The van der Waals surface area contributed by atoms with Crippen LogP contribution in [0.2, 0.25) is 0 Å². The molecular weight excluding hydrogens is 230 g/mol. The third kappa shape index (κ3) is 3.89. The van der Waals surface area contributed by atoms with Gasteiger partial charge < -0.3 is 19.5 Å². The van der Waals surface area contributed by atoms with E-state index in [4.69, 9.17) is 14.2 Å². The summed E-state index contributed by atoms with van der Waals surface area (Å²) in [6, 6.07) is 5.99. The lowest BCUT2D eigenvalue weighted by Gasteiger charge is -2.21. The maximum absolute atomic E-state index is 5.42. The van der Waals surface area contributed by atoms with Gasteiger partial charge in [0.1, 0.15) is 11.5 Å². The molecule has 102 valence electrons. The topological polar surface area (TPSA) is 39.7 Å². The molecule has 4 heteroatoms. The number of ether oxygens (including phenoxy) is 3. The van der Waals surface area contributed by atoms with Gasteiger partial charge in [0.15, 0.2) is 0 Å². The molecule has 1 atom stereocenters. The van der Waals surface area contributed by atoms with Crippen LogP contribution in [0.25, 0.3) is 0 Å². The fourth-order valence-electron chi connectivity index (χ4n) is 1.85. The highest BCUT2D eigenvalue weighted by molar-refractivity contribution is 5.42. The van der Waals surface area contributed by atoms with Crippen molar-refractivity contribution < 1.29 is 14.2 Å². The molecule has 4 nitrogen and oxygen atoms in total. The number of benzene rings is 1. The molecule has 0 saturated heterocycles. The van der Waals surface area contributed by atoms with E-state index in [0.29, 0.717) is 6.61 Å². The summed E-state index contributed by atoms with van der Waals surface area (Å²) < 4.78 is 15.9. The summed E-state index contributed by atoms with van der Waals surface area (Å²) in [4.78, 5) is 0. The van der Waals surface area contributed by atoms with Crippen LogP contribution >= 0.6 is 0 Å². The predicted molar refractivity (Wildman–Crippen MR) is 72.5 cm³/mol. The summed E-state index contributed by atoms with van der Waals surface area (Å²) in [6.45, 7) is 3.70. The van der Waals surface area contributed by atoms with Gasteiger partial charge in [-0.3, -0.25) is 0 Å². The van der Waals surface area contributed by atoms with Gasteiger partial charge in [0, 0.05) is 18.7 Å². The van der Waals surface area contributed by atoms with Crippen molar-refractivity contribution in [3.63, 3.8) is 0 Å². The van der Waals surface area contributed by atoms with Gasteiger partial charge in [-0.2, -0.15) is 0 Å². The van der Waals surface area contributed by atoms with Gasteiger partial charge in [0.25, 0.3) is 0 Å². The van der Waals surface area contributed by atoms with Crippen LogP contribution in [0.3, 0.4) is 0 Å². The maximum atomic E-state index is 5.42. The second-order valence-electron chi connectivity index (χ2n) is 4.07. The first-order valence-corrected chi connectivity index (χ1v) is 6.21. The summed E-state index contributed by atoms with van der Waals surface area (Å²) in [6.07, 6.45) is 1.08. The van der Waals surface area contributed by atoms with Gasteiger partial charge in [0.05, 0.1) is 26.9 Å². The highest BCUT2D eigenvalue weighted by Gasteiger charge is 2.16. The first-order chi connectivity index (χ1) is 8.76. The van der Waals surface area contributed by atoms with Crippen molar-refractivity contribution in [2.24, 2.45) is 0 Å². The average molecular weight is 253 g/mol. The third-order valence-corrected chi connectivity index (χ3v) is 2.79. The largest absolute Gasteiger partial charge is 0.497 e. The van der Waals surface area contributed by atoms with Crippen LogP contribution in [0, 0.1) is 0 Å². The lowest BCUT2D eigenvalue weighted by Crippen LogP contribution is -2.26. The van der Waals surface area contributed by atoms with Crippen LogP contribution in [-0.2, 0) is 4.74 Å². The zero-order chi connectivity index (χ0) is 13.4. The first-order valence-electron chi connectivity index (χ1n) is 6.21. The van der Waals surface area contributed by atoms with E-state index in [1.807, 2.05) is 18.2 Å². The summed E-state index contributed by atoms with van der Waals surface area (Å²) in [5, 5.41) is 3.45. The summed E-state index contributed by atoms with van der Waals surface area (Å²) in [5.74, 6) is 1.61. The first kappa shape index (κ1) is 14.8. The van der Waals surface area contributed by atoms with E-state index < -0.39 is 0 Å². The van der Waals surface area contributed by atoms with Crippen LogP contribution in [0.1, 0.15) is 24.9 Å². The number of hydrogen-bond acceptors (Lipinski definition) is 4. The molecule has 1 rings (SSSR count). The molecule has 0 heterocycles. The summed E-state index contributed by atoms with van der Waals surface area (Å²) >= 11 is 0. The smallest absolute Gasteiger partial charge is 0.127 e. The Morgan fingerprint density at radius 3 is 2.50 bits per heavy atom. The molecule has 0 spiro atoms. The van der Waals surface area contributed by atoms with Crippen LogP contribution in [0.4, 0.5) is 0 Å². The Morgan fingerprint density at radius 1 is 1.17 bits per heavy atom. The molecule has 1 aromatic carbocycles. The zero-order valence-corrected chi connectivity index (χ0v) is 11.7. The number of methoxy groups -OCH3 is 3. The normalized spacial score (nSPS) is 12.2. The Labute approximate surface area is 109 Å². The minimum absolute atomic E-state index is 0.135. The van der Waals surface area contributed by atoms with Gasteiger partial charge in [-0.05, 0) is 25.1 Å². The van der Waals surface area contributed by atoms with Crippen LogP contribution < -0.4 is 14.8 Å². The second kappa shape index (κ2) is 7.95. The molecule has 0 aromatic heterocycles. The number of hydrogen-bond donors (Lipinski definition) is 1. The van der Waals surface area contributed by atoms with E-state index in [1.54, 1.807) is 21.3 Å². The Hall–Kier alpha value is -1.26. The van der Waals surface area contributed by atoms with Crippen molar-refractivity contribution in [2.45, 2.75) is 19.4 Å². The molecule has 0 saturated carbocycles. The standard InChI is InChI=1S/C14H23NO3/c1-5-8-15-13(10-16-2)12-7-6-11(17-3)9-14(12)18-4/h6-7,9,13,15H,5,8,10H2,1-4H3. The van der Waals surface area contributed by atoms with Crippen LogP contribution in [-0.4, -0.2) is 34.5 Å². The molecule has 0 aliphatic heterocycles. The molecule has 0 fully saturated rings. The van der Waals surface area contributed by atoms with Crippen LogP contribution in [0.5, 0.6) is 11.5 Å². The predicted octanol–water partition coefficient (Wildman–Crippen LogP) is 2.39. The van der Waals surface area contributed by atoms with Crippen molar-refractivity contribution >= 4 is 0 Å². The van der Waals surface area contributed by atoms with Gasteiger partial charge in [-0.1, -0.05) is 6.92 Å². The molecule has 0 amide bonds. The van der Waals surface area contributed by atoms with Crippen molar-refractivity contribution in [1.29, 1.82) is 0 Å². The molecule has 1 aromatic rings. The Morgan fingerprint density at radius 2 is 1.94 bits per heavy atom. The van der Waals surface area contributed by atoms with E-state index in [1.165, 1.54) is 0 Å². The highest BCUT2D eigenvalue weighted by Crippen LogP contribution is 2.29. The van der Waals surface area contributed by atoms with E-state index in [2.05, 4.69) is 12.2 Å². The van der Waals surface area contributed by atoms with Crippen molar-refractivity contribution in [1.82, 2.24) is 5.32 Å². The number of rotatable bonds is 8. The highest BCUT2D eigenvalue weighted by atomic mass is 16.5. The zero-order valence-electron chi connectivity index (χ0n) is 11.7. The third-order valence-electron chi connectivity index (χ3n) is 2.79. The minimum Gasteiger partial charge on any atom is -0.497 e. The lowest BCUT2D eigenvalue weighted by molar-refractivity contribution is 0.165. The van der Waals surface area contributed by atoms with Gasteiger partial charge >= 0.3 is 0 Å². The Kier molecular flexibility index (Phi) is 6.54. The van der Waals surface area contributed by atoms with E-state index in [9.17, 15) is 0 Å². The lowest BCUT2D eigenvalue weighted by atomic mass is 10.1. The SMILES string of the molecule is CCCNC(COC)c1ccc(OC)cc1OC. The monoisotopic (exact) mass is 253 g/mol. The van der Waals surface area contributed by atoms with Gasteiger partial charge in [-0.25, -0.2) is 0 Å². The fourth-order valence-corrected chi connectivity index (χ4v) is 1.85. The quantitative estimate of drug-likeness (QED) is 0.772. The second-order valence-corrected chi connectivity index (χ2v) is 4.07. The number of nitrogens with one attached hydrogen (secondary N) is 1. The summed E-state index contributed by atoms with van der Waals surface area (Å²) in [5.41, 5.74) is 1.09. The molecule has 0 aliphatic carbocycles. The van der Waals surface area contributed by atoms with E-state index in [0.717, 1.165) is 30.0 Å². The van der Waals surface area contributed by atoms with Crippen molar-refractivity contribution in [2.75, 3.05) is 34.5 Å². The van der Waals surface area contributed by atoms with Crippen molar-refractivity contribution in [3.05, 3.63) is 23.8 Å². The molecule has 0 radical (unpaired) electrons. The average Bonchev–Trinajstić information content (AvgIpc) is 2.42. The molecule has 0 bridgehead atoms. The Balaban J connectivity index is 2.94. The molecule has 1 unspecified atom stereocenters. The van der Waals surface area contributed by atoms with Crippen molar-refractivity contribution in [3.8, 4) is 11.5 Å². The van der Waals surface area contributed by atoms with E-state index in [-0.39, 0.29) is 6.04 Å². The summed E-state index contributed by atoms with van der Waals surface area (Å²) in [7, 11) is 5.02. The van der Waals surface area contributed by atoms with Gasteiger partial charge in [0.2, 0.25) is 0 Å². The molecule has 18 heavy (non-hydrogen) atoms. The minimum atomic E-state index is 0.135. The van der Waals surface area contributed by atoms with Crippen LogP contribution in [0.15, 0.2) is 18.2 Å².